The third kappa shape index (κ3) is 4.10. The van der Waals surface area contributed by atoms with E-state index in [-0.39, 0.29) is 6.61 Å². The van der Waals surface area contributed by atoms with E-state index in [1.165, 1.54) is 11.3 Å². The third-order valence-corrected chi connectivity index (χ3v) is 4.23. The predicted octanol–water partition coefficient (Wildman–Crippen LogP) is 3.98. The second-order valence-electron chi connectivity index (χ2n) is 5.16. The highest BCUT2D eigenvalue weighted by atomic mass is 32.1. The molecule has 5 nitrogen and oxygen atoms in total. The zero-order chi connectivity index (χ0) is 17.6. The number of nitrogens with one attached hydrogen (secondary N) is 1. The molecule has 1 aromatic heterocycles. The summed E-state index contributed by atoms with van der Waals surface area (Å²) < 4.78 is 4.65. The highest BCUT2D eigenvalue weighted by molar-refractivity contribution is 7.14. The van der Waals surface area contributed by atoms with Crippen LogP contribution in [0.2, 0.25) is 0 Å². The first-order valence-electron chi connectivity index (χ1n) is 7.77. The Morgan fingerprint density at radius 1 is 1.00 bits per heavy atom. The lowest BCUT2D eigenvalue weighted by Gasteiger charge is -2.03. The molecule has 0 saturated heterocycles. The monoisotopic (exact) mass is 352 g/mol. The summed E-state index contributed by atoms with van der Waals surface area (Å²) in [6, 6.07) is 18.1. The second-order valence-corrected chi connectivity index (χ2v) is 6.01. The number of thiazole rings is 1. The van der Waals surface area contributed by atoms with E-state index in [1.54, 1.807) is 6.92 Å². The van der Waals surface area contributed by atoms with Gasteiger partial charge in [0.2, 0.25) is 0 Å². The quantitative estimate of drug-likeness (QED) is 0.570. The number of nitrogens with zero attached hydrogens (tertiary/aromatic N) is 1. The minimum atomic E-state index is -0.911. The van der Waals surface area contributed by atoms with Crippen molar-refractivity contribution in [2.45, 2.75) is 6.92 Å². The summed E-state index contributed by atoms with van der Waals surface area (Å²) in [5, 5.41) is 4.64. The van der Waals surface area contributed by atoms with Crippen molar-refractivity contribution in [1.82, 2.24) is 4.98 Å². The Balaban J connectivity index is 1.72. The van der Waals surface area contributed by atoms with Gasteiger partial charge >= 0.3 is 11.9 Å². The first-order valence-corrected chi connectivity index (χ1v) is 8.65. The largest absolute Gasteiger partial charge is 0.459 e. The molecule has 0 atom stereocenters. The fourth-order valence-electron chi connectivity index (χ4n) is 2.27. The van der Waals surface area contributed by atoms with Gasteiger partial charge in [0, 0.05) is 10.9 Å². The fraction of sp³-hybridized carbons (Fsp3) is 0.105. The van der Waals surface area contributed by atoms with Crippen LogP contribution in [0.15, 0.2) is 60.0 Å². The number of hydrogen-bond acceptors (Lipinski definition) is 5. The van der Waals surface area contributed by atoms with Gasteiger partial charge in [-0.2, -0.15) is 0 Å². The molecule has 0 aliphatic rings. The Kier molecular flexibility index (Phi) is 5.20. The summed E-state index contributed by atoms with van der Waals surface area (Å²) in [6.45, 7) is 1.80. The van der Waals surface area contributed by atoms with Crippen LogP contribution in [0.5, 0.6) is 0 Å². The number of hydrogen-bond donors (Lipinski definition) is 1. The van der Waals surface area contributed by atoms with Gasteiger partial charge in [0.1, 0.15) is 0 Å². The standard InChI is InChI=1S/C19H16N2O3S/c1-2-24-18(23)17(22)21-19-20-16(12-25-19)15-10-8-14(9-11-15)13-6-4-3-5-7-13/h3-12H,2H2,1H3,(H,20,21,22). The molecule has 0 radical (unpaired) electrons. The lowest BCUT2D eigenvalue weighted by Crippen LogP contribution is -2.24. The molecular formula is C19H16N2O3S. The molecule has 126 valence electrons. The van der Waals surface area contributed by atoms with E-state index in [4.69, 9.17) is 0 Å². The molecule has 25 heavy (non-hydrogen) atoms. The van der Waals surface area contributed by atoms with E-state index >= 15 is 0 Å². The number of ether oxygens (including phenoxy) is 1. The summed E-state index contributed by atoms with van der Waals surface area (Å²) >= 11 is 1.26. The Morgan fingerprint density at radius 3 is 2.32 bits per heavy atom. The van der Waals surface area contributed by atoms with E-state index < -0.39 is 11.9 Å². The smallest absolute Gasteiger partial charge is 0.397 e. The number of anilines is 1. The summed E-state index contributed by atoms with van der Waals surface area (Å²) in [5.41, 5.74) is 3.95. The third-order valence-electron chi connectivity index (χ3n) is 3.47. The normalized spacial score (nSPS) is 10.3. The molecule has 1 amide bonds. The van der Waals surface area contributed by atoms with Crippen LogP contribution in [0.25, 0.3) is 22.4 Å². The van der Waals surface area contributed by atoms with Gasteiger partial charge in [0.25, 0.3) is 0 Å². The van der Waals surface area contributed by atoms with Gasteiger partial charge < -0.3 is 4.74 Å². The number of rotatable bonds is 4. The van der Waals surface area contributed by atoms with Gasteiger partial charge in [0.15, 0.2) is 5.13 Å². The van der Waals surface area contributed by atoms with Crippen molar-refractivity contribution >= 4 is 28.3 Å². The molecule has 0 aliphatic heterocycles. The number of aromatic nitrogens is 1. The zero-order valence-electron chi connectivity index (χ0n) is 13.6. The lowest BCUT2D eigenvalue weighted by atomic mass is 10.0. The Labute approximate surface area is 149 Å². The van der Waals surface area contributed by atoms with Crippen molar-refractivity contribution in [3.05, 3.63) is 60.0 Å². The highest BCUT2D eigenvalue weighted by Crippen LogP contribution is 2.27. The van der Waals surface area contributed by atoms with Gasteiger partial charge in [-0.05, 0) is 18.1 Å². The minimum absolute atomic E-state index is 0.156. The molecule has 0 saturated carbocycles. The van der Waals surface area contributed by atoms with Crippen LogP contribution in [0.4, 0.5) is 5.13 Å². The number of benzene rings is 2. The molecule has 6 heteroatoms. The lowest BCUT2D eigenvalue weighted by molar-refractivity contribution is -0.152. The molecule has 0 unspecified atom stereocenters. The van der Waals surface area contributed by atoms with Crippen LogP contribution in [-0.2, 0) is 14.3 Å². The van der Waals surface area contributed by atoms with Crippen LogP contribution in [-0.4, -0.2) is 23.5 Å². The van der Waals surface area contributed by atoms with Crippen molar-refractivity contribution in [2.75, 3.05) is 11.9 Å². The van der Waals surface area contributed by atoms with E-state index in [0.717, 1.165) is 22.4 Å². The number of carbonyl (C=O) groups excluding carboxylic acids is 2. The molecule has 0 spiro atoms. The highest BCUT2D eigenvalue weighted by Gasteiger charge is 2.16. The molecule has 1 heterocycles. The zero-order valence-corrected chi connectivity index (χ0v) is 14.4. The molecule has 2 aromatic carbocycles. The topological polar surface area (TPSA) is 68.3 Å². The molecular weight excluding hydrogens is 336 g/mol. The van der Waals surface area contributed by atoms with Gasteiger partial charge in [-0.3, -0.25) is 10.1 Å². The van der Waals surface area contributed by atoms with E-state index in [0.29, 0.717) is 5.13 Å². The van der Waals surface area contributed by atoms with Gasteiger partial charge in [-0.15, -0.1) is 11.3 Å². The summed E-state index contributed by atoms with van der Waals surface area (Å²) in [7, 11) is 0. The van der Waals surface area contributed by atoms with Gasteiger partial charge in [-0.1, -0.05) is 54.6 Å². The number of amides is 1. The maximum atomic E-state index is 11.6. The van der Waals surface area contributed by atoms with Crippen molar-refractivity contribution in [1.29, 1.82) is 0 Å². The maximum absolute atomic E-state index is 11.6. The van der Waals surface area contributed by atoms with Crippen LogP contribution >= 0.6 is 11.3 Å². The molecule has 0 aliphatic carbocycles. The molecule has 3 aromatic rings. The second kappa shape index (κ2) is 7.72. The fourth-order valence-corrected chi connectivity index (χ4v) is 2.99. The van der Waals surface area contributed by atoms with E-state index in [2.05, 4.69) is 27.2 Å². The summed E-state index contributed by atoms with van der Waals surface area (Å²) in [5.74, 6) is -1.73. The van der Waals surface area contributed by atoms with Crippen molar-refractivity contribution in [3.63, 3.8) is 0 Å². The molecule has 0 bridgehead atoms. The number of esters is 1. The van der Waals surface area contributed by atoms with Crippen LogP contribution < -0.4 is 5.32 Å². The van der Waals surface area contributed by atoms with Crippen molar-refractivity contribution < 1.29 is 14.3 Å². The van der Waals surface area contributed by atoms with Crippen LogP contribution in [0.3, 0.4) is 0 Å². The van der Waals surface area contributed by atoms with E-state index in [1.807, 2.05) is 47.8 Å². The average Bonchev–Trinajstić information content (AvgIpc) is 3.11. The van der Waals surface area contributed by atoms with Crippen LogP contribution in [0.1, 0.15) is 6.92 Å². The first kappa shape index (κ1) is 16.9. The molecule has 0 fully saturated rings. The maximum Gasteiger partial charge on any atom is 0.397 e. The van der Waals surface area contributed by atoms with Gasteiger partial charge in [-0.25, -0.2) is 9.78 Å². The predicted molar refractivity (Wildman–Crippen MR) is 98.2 cm³/mol. The van der Waals surface area contributed by atoms with Gasteiger partial charge in [0.05, 0.1) is 12.3 Å². The Morgan fingerprint density at radius 2 is 1.64 bits per heavy atom. The number of carbonyl (C=O) groups is 2. The Bertz CT molecular complexity index is 873. The molecule has 3 rings (SSSR count). The van der Waals surface area contributed by atoms with Crippen molar-refractivity contribution in [3.8, 4) is 22.4 Å². The van der Waals surface area contributed by atoms with Crippen molar-refractivity contribution in [2.24, 2.45) is 0 Å². The first-order chi connectivity index (χ1) is 12.2. The average molecular weight is 352 g/mol. The minimum Gasteiger partial charge on any atom is -0.459 e. The Hall–Kier alpha value is -2.99. The summed E-state index contributed by atoms with van der Waals surface area (Å²) in [6.07, 6.45) is 0. The SMILES string of the molecule is CCOC(=O)C(=O)Nc1nc(-c2ccc(-c3ccccc3)cc2)cs1. The summed E-state index contributed by atoms with van der Waals surface area (Å²) in [4.78, 5) is 27.3. The van der Waals surface area contributed by atoms with E-state index in [9.17, 15) is 9.59 Å². The van der Waals surface area contributed by atoms with Crippen LogP contribution in [0, 0.1) is 0 Å². The molecule has 1 N–H and O–H groups in total.